The summed E-state index contributed by atoms with van der Waals surface area (Å²) in [6.07, 6.45) is 0. The molecule has 0 bridgehead atoms. The standard InChI is InChI=1S/C24H21FN2O4S/c1-15(22(28)27-21-10-6-4-8-19(21)24(30)31-2)32-17-13-11-16(12-14-17)26-23(29)18-7-3-5-9-20(18)25/h3-15H,1-2H3,(H,26,29)(H,27,28). The number of anilines is 2. The quantitative estimate of drug-likeness (QED) is 0.390. The predicted molar refractivity (Wildman–Crippen MR) is 123 cm³/mol. The summed E-state index contributed by atoms with van der Waals surface area (Å²) >= 11 is 1.32. The van der Waals surface area contributed by atoms with Crippen molar-refractivity contribution < 1.29 is 23.5 Å². The number of para-hydroxylation sites is 1. The van der Waals surface area contributed by atoms with Crippen LogP contribution in [-0.4, -0.2) is 30.1 Å². The average Bonchev–Trinajstić information content (AvgIpc) is 2.80. The van der Waals surface area contributed by atoms with E-state index < -0.39 is 22.9 Å². The predicted octanol–water partition coefficient (Wildman–Crippen LogP) is 4.98. The van der Waals surface area contributed by atoms with Gasteiger partial charge in [0.15, 0.2) is 0 Å². The summed E-state index contributed by atoms with van der Waals surface area (Å²) < 4.78 is 18.5. The lowest BCUT2D eigenvalue weighted by Gasteiger charge is -2.14. The third-order valence-corrected chi connectivity index (χ3v) is 5.61. The van der Waals surface area contributed by atoms with E-state index in [2.05, 4.69) is 10.6 Å². The van der Waals surface area contributed by atoms with Crippen LogP contribution >= 0.6 is 11.8 Å². The molecule has 1 atom stereocenters. The Bertz CT molecular complexity index is 1130. The van der Waals surface area contributed by atoms with Crippen LogP contribution in [0.2, 0.25) is 0 Å². The first-order valence-corrected chi connectivity index (χ1v) is 10.6. The molecule has 0 saturated heterocycles. The summed E-state index contributed by atoms with van der Waals surface area (Å²) in [4.78, 5) is 37.5. The van der Waals surface area contributed by atoms with E-state index in [9.17, 15) is 18.8 Å². The molecule has 0 aliphatic carbocycles. The second-order valence-electron chi connectivity index (χ2n) is 6.74. The van der Waals surface area contributed by atoms with Crippen LogP contribution in [0.5, 0.6) is 0 Å². The van der Waals surface area contributed by atoms with Crippen molar-refractivity contribution in [3.05, 3.63) is 89.7 Å². The van der Waals surface area contributed by atoms with Gasteiger partial charge < -0.3 is 15.4 Å². The number of benzene rings is 3. The number of nitrogens with one attached hydrogen (secondary N) is 2. The van der Waals surface area contributed by atoms with Crippen LogP contribution in [0.3, 0.4) is 0 Å². The molecule has 164 valence electrons. The zero-order chi connectivity index (χ0) is 23.1. The molecule has 1 unspecified atom stereocenters. The molecule has 8 heteroatoms. The van der Waals surface area contributed by atoms with E-state index in [0.717, 1.165) is 4.90 Å². The molecule has 0 saturated carbocycles. The van der Waals surface area contributed by atoms with E-state index in [-0.39, 0.29) is 17.0 Å². The topological polar surface area (TPSA) is 84.5 Å². The minimum absolute atomic E-state index is 0.0384. The van der Waals surface area contributed by atoms with Crippen molar-refractivity contribution in [2.45, 2.75) is 17.1 Å². The van der Waals surface area contributed by atoms with Crippen LogP contribution in [-0.2, 0) is 9.53 Å². The van der Waals surface area contributed by atoms with Gasteiger partial charge in [-0.15, -0.1) is 11.8 Å². The molecule has 2 amide bonds. The fourth-order valence-electron chi connectivity index (χ4n) is 2.83. The molecule has 0 aliphatic heterocycles. The van der Waals surface area contributed by atoms with Crippen LogP contribution in [0.15, 0.2) is 77.7 Å². The van der Waals surface area contributed by atoms with E-state index in [1.165, 1.54) is 37.1 Å². The number of ether oxygens (including phenoxy) is 1. The molecule has 3 rings (SSSR count). The highest BCUT2D eigenvalue weighted by atomic mass is 32.2. The van der Waals surface area contributed by atoms with Crippen LogP contribution in [0.25, 0.3) is 0 Å². The van der Waals surface area contributed by atoms with Gasteiger partial charge in [0.1, 0.15) is 5.82 Å². The summed E-state index contributed by atoms with van der Waals surface area (Å²) in [6, 6.07) is 19.2. The molecule has 6 nitrogen and oxygen atoms in total. The van der Waals surface area contributed by atoms with Gasteiger partial charge in [-0.25, -0.2) is 9.18 Å². The Hall–Kier alpha value is -3.65. The Morgan fingerprint density at radius 2 is 1.50 bits per heavy atom. The highest BCUT2D eigenvalue weighted by molar-refractivity contribution is 8.00. The van der Waals surface area contributed by atoms with Gasteiger partial charge in [-0.05, 0) is 55.5 Å². The number of hydrogen-bond donors (Lipinski definition) is 2. The number of methoxy groups -OCH3 is 1. The van der Waals surface area contributed by atoms with E-state index in [1.54, 1.807) is 61.5 Å². The maximum atomic E-state index is 13.7. The molecule has 0 fully saturated rings. The Morgan fingerprint density at radius 3 is 2.16 bits per heavy atom. The number of halogens is 1. The molecule has 0 aromatic heterocycles. The van der Waals surface area contributed by atoms with Gasteiger partial charge in [0.25, 0.3) is 5.91 Å². The third-order valence-electron chi connectivity index (χ3n) is 4.50. The molecule has 32 heavy (non-hydrogen) atoms. The van der Waals surface area contributed by atoms with Crippen molar-refractivity contribution in [1.82, 2.24) is 0 Å². The summed E-state index contributed by atoms with van der Waals surface area (Å²) in [5.74, 6) is -1.94. The lowest BCUT2D eigenvalue weighted by Crippen LogP contribution is -2.23. The van der Waals surface area contributed by atoms with E-state index in [1.807, 2.05) is 0 Å². The Balaban J connectivity index is 1.61. The molecule has 0 spiro atoms. The molecular formula is C24H21FN2O4S. The summed E-state index contributed by atoms with van der Waals surface area (Å²) in [5.41, 5.74) is 1.12. The number of rotatable bonds is 7. The zero-order valence-corrected chi connectivity index (χ0v) is 18.2. The fraction of sp³-hybridized carbons (Fsp3) is 0.125. The molecule has 0 radical (unpaired) electrons. The fourth-order valence-corrected chi connectivity index (χ4v) is 3.70. The molecule has 3 aromatic rings. The van der Waals surface area contributed by atoms with Gasteiger partial charge in [-0.1, -0.05) is 24.3 Å². The number of hydrogen-bond acceptors (Lipinski definition) is 5. The van der Waals surface area contributed by atoms with Crippen molar-refractivity contribution in [2.24, 2.45) is 0 Å². The molecule has 3 aromatic carbocycles. The lowest BCUT2D eigenvalue weighted by atomic mass is 10.2. The van der Waals surface area contributed by atoms with Crippen LogP contribution in [0.1, 0.15) is 27.6 Å². The monoisotopic (exact) mass is 452 g/mol. The SMILES string of the molecule is COC(=O)c1ccccc1NC(=O)C(C)Sc1ccc(NC(=O)c2ccccc2F)cc1. The van der Waals surface area contributed by atoms with Gasteiger partial charge >= 0.3 is 5.97 Å². The molecule has 0 aliphatic rings. The minimum Gasteiger partial charge on any atom is -0.465 e. The molecule has 2 N–H and O–H groups in total. The van der Waals surface area contributed by atoms with E-state index in [0.29, 0.717) is 11.4 Å². The van der Waals surface area contributed by atoms with Gasteiger partial charge in [-0.2, -0.15) is 0 Å². The van der Waals surface area contributed by atoms with Crippen LogP contribution < -0.4 is 10.6 Å². The van der Waals surface area contributed by atoms with Crippen LogP contribution in [0, 0.1) is 5.82 Å². The maximum Gasteiger partial charge on any atom is 0.339 e. The first-order valence-electron chi connectivity index (χ1n) is 9.70. The average molecular weight is 453 g/mol. The highest BCUT2D eigenvalue weighted by Gasteiger charge is 2.18. The Kier molecular flexibility index (Phi) is 7.62. The minimum atomic E-state index is -0.592. The smallest absolute Gasteiger partial charge is 0.339 e. The Labute approximate surface area is 189 Å². The normalized spacial score (nSPS) is 11.3. The van der Waals surface area contributed by atoms with Gasteiger partial charge in [-0.3, -0.25) is 9.59 Å². The maximum absolute atomic E-state index is 13.7. The third kappa shape index (κ3) is 5.73. The highest BCUT2D eigenvalue weighted by Crippen LogP contribution is 2.26. The summed E-state index contributed by atoms with van der Waals surface area (Å²) in [7, 11) is 1.28. The zero-order valence-electron chi connectivity index (χ0n) is 17.4. The van der Waals surface area contributed by atoms with Crippen molar-refractivity contribution >= 4 is 40.9 Å². The largest absolute Gasteiger partial charge is 0.465 e. The molecular weight excluding hydrogens is 431 g/mol. The van der Waals surface area contributed by atoms with Gasteiger partial charge in [0.05, 0.1) is 29.2 Å². The molecule has 0 heterocycles. The number of carbonyl (C=O) groups is 3. The number of esters is 1. The van der Waals surface area contributed by atoms with Crippen molar-refractivity contribution in [2.75, 3.05) is 17.7 Å². The van der Waals surface area contributed by atoms with E-state index >= 15 is 0 Å². The second-order valence-corrected chi connectivity index (χ2v) is 8.16. The lowest BCUT2D eigenvalue weighted by molar-refractivity contribution is -0.115. The summed E-state index contributed by atoms with van der Waals surface area (Å²) in [6.45, 7) is 1.74. The number of carbonyl (C=O) groups excluding carboxylic acids is 3. The van der Waals surface area contributed by atoms with Crippen molar-refractivity contribution in [3.63, 3.8) is 0 Å². The van der Waals surface area contributed by atoms with Crippen molar-refractivity contribution in [1.29, 1.82) is 0 Å². The number of amides is 2. The van der Waals surface area contributed by atoms with Gasteiger partial charge in [0.2, 0.25) is 5.91 Å². The first-order chi connectivity index (χ1) is 15.4. The number of thioether (sulfide) groups is 1. The van der Waals surface area contributed by atoms with E-state index in [4.69, 9.17) is 4.74 Å². The first kappa shape index (κ1) is 23.0. The second kappa shape index (κ2) is 10.6. The van der Waals surface area contributed by atoms with Crippen LogP contribution in [0.4, 0.5) is 15.8 Å². The Morgan fingerprint density at radius 1 is 0.875 bits per heavy atom. The van der Waals surface area contributed by atoms with Crippen molar-refractivity contribution in [3.8, 4) is 0 Å². The summed E-state index contributed by atoms with van der Waals surface area (Å²) in [5, 5.41) is 4.94. The van der Waals surface area contributed by atoms with Gasteiger partial charge in [0, 0.05) is 10.6 Å².